The highest BCUT2D eigenvalue weighted by molar-refractivity contribution is 6.00. The summed E-state index contributed by atoms with van der Waals surface area (Å²) in [6.07, 6.45) is 18.6. The average Bonchev–Trinajstić information content (AvgIpc) is 1.54. The van der Waals surface area contributed by atoms with Gasteiger partial charge in [0.25, 0.3) is 0 Å². The van der Waals surface area contributed by atoms with Crippen LogP contribution in [0.5, 0.6) is 11.6 Å². The monoisotopic (exact) mass is 1440 g/mol. The van der Waals surface area contributed by atoms with Gasteiger partial charge in [-0.15, -0.1) is 0 Å². The summed E-state index contributed by atoms with van der Waals surface area (Å²) in [5.74, 6) is 7.01. The van der Waals surface area contributed by atoms with Crippen LogP contribution in [-0.4, -0.2) is 112 Å². The first-order valence-electron chi connectivity index (χ1n) is 35.8. The highest BCUT2D eigenvalue weighted by Gasteiger charge is 2.22. The molecule has 2 aliphatic heterocycles. The van der Waals surface area contributed by atoms with Crippen molar-refractivity contribution in [3.8, 4) is 17.4 Å². The molecule has 15 heterocycles. The third kappa shape index (κ3) is 13.7. The van der Waals surface area contributed by atoms with Gasteiger partial charge in [-0.3, -0.25) is 40.3 Å². The van der Waals surface area contributed by atoms with Crippen molar-refractivity contribution in [1.29, 1.82) is 0 Å². The normalized spacial score (nSPS) is 12.9. The number of pyridine rings is 8. The zero-order chi connectivity index (χ0) is 73.9. The van der Waals surface area contributed by atoms with Crippen LogP contribution in [-0.2, 0) is 4.74 Å². The minimum atomic E-state index is 0.539. The van der Waals surface area contributed by atoms with Gasteiger partial charge in [-0.2, -0.15) is 20.4 Å². The molecule has 13 aromatic heterocycles. The van der Waals surface area contributed by atoms with E-state index < -0.39 is 0 Å². The second-order valence-electron chi connectivity index (χ2n) is 26.4. The molecule has 0 saturated carbocycles. The molecule has 0 atom stereocenters. The topological polar surface area (TPSA) is 296 Å². The van der Waals surface area contributed by atoms with Gasteiger partial charge in [-0.25, -0.2) is 19.9 Å². The van der Waals surface area contributed by atoms with E-state index in [1.54, 1.807) is 31.0 Å². The third-order valence-electron chi connectivity index (χ3n) is 19.2. The van der Waals surface area contributed by atoms with E-state index in [2.05, 4.69) is 202 Å². The van der Waals surface area contributed by atoms with Crippen LogP contribution >= 0.6 is 0 Å². The molecule has 25 nitrogen and oxygen atoms in total. The summed E-state index contributed by atoms with van der Waals surface area (Å²) in [5.41, 5.74) is 15.1. The summed E-state index contributed by atoms with van der Waals surface area (Å²) in [6.45, 7) is 13.3. The van der Waals surface area contributed by atoms with Crippen molar-refractivity contribution in [3.63, 3.8) is 0 Å². The number of nitrogens with zero attached hydrogens (tertiary/aromatic N) is 15. The van der Waals surface area contributed by atoms with Crippen molar-refractivity contribution >= 4 is 156 Å². The fraction of sp³-hybridized carbons (Fsp3) is 0.0824. The number of allylic oxidation sites excluding steroid dienone is 1. The minimum Gasteiger partial charge on any atom is -0.438 e. The number of hydrogen-bond donors (Lipinski definition) is 8. The number of hydrogen-bond acceptors (Lipinski definition) is 20. The van der Waals surface area contributed by atoms with E-state index in [4.69, 9.17) is 9.47 Å². The van der Waals surface area contributed by atoms with Gasteiger partial charge < -0.3 is 45.1 Å². The average molecular weight is 1440 g/mol. The summed E-state index contributed by atoms with van der Waals surface area (Å²) < 4.78 is 13.6. The van der Waals surface area contributed by atoms with Crippen molar-refractivity contribution in [2.24, 2.45) is 0 Å². The number of H-pyrrole nitrogens is 4. The minimum absolute atomic E-state index is 0.539. The van der Waals surface area contributed by atoms with Crippen molar-refractivity contribution in [3.05, 3.63) is 286 Å². The fourth-order valence-corrected chi connectivity index (χ4v) is 13.8. The molecule has 536 valence electrons. The van der Waals surface area contributed by atoms with E-state index in [1.165, 1.54) is 10.9 Å². The molecule has 21 rings (SSSR count). The Labute approximate surface area is 627 Å². The lowest BCUT2D eigenvalue weighted by Gasteiger charge is -2.30. The number of benzene rings is 6. The Hall–Kier alpha value is -15.0. The molecule has 0 bridgehead atoms. The zero-order valence-electron chi connectivity index (χ0n) is 59.4. The van der Waals surface area contributed by atoms with E-state index in [0.717, 1.165) is 182 Å². The Morgan fingerprint density at radius 1 is 0.391 bits per heavy atom. The number of aryl methyl sites for hydroxylation is 1. The highest BCUT2D eigenvalue weighted by Crippen LogP contribution is 2.37. The van der Waals surface area contributed by atoms with Crippen LogP contribution in [0.3, 0.4) is 0 Å². The molecule has 8 N–H and O–H groups in total. The molecule has 2 saturated heterocycles. The van der Waals surface area contributed by atoms with E-state index in [9.17, 15) is 0 Å². The molecule has 19 aromatic rings. The predicted octanol–water partition coefficient (Wildman–Crippen LogP) is 18.5. The number of ether oxygens (including phenoxy) is 2. The smallest absolute Gasteiger partial charge is 0.227 e. The Morgan fingerprint density at radius 2 is 0.818 bits per heavy atom. The molecule has 2 fully saturated rings. The van der Waals surface area contributed by atoms with Crippen LogP contribution in [0.1, 0.15) is 18.4 Å². The van der Waals surface area contributed by atoms with E-state index in [0.29, 0.717) is 36.5 Å². The zero-order valence-corrected chi connectivity index (χ0v) is 59.4. The SMILES string of the molecule is C=C1CCCN1c1nccc2cc(Nc3n[nH]c4cccnc34)ccc12.C=C1COCCN1c1nccc2cc(Nc3n[nH]c4cccnc34)ccc12.Cc1ccc(Oc2nccc3cc(Nc4n[nH]c5cccnc45)ccc23)cc1.c1ccc2c(c1)ccn2-c1nccc2cc(Nc3n[nH]c4cccnc34)ccc12. The maximum Gasteiger partial charge on any atom is 0.227 e. The lowest BCUT2D eigenvalue weighted by atomic mass is 10.1. The van der Waals surface area contributed by atoms with Gasteiger partial charge in [-0.05, 0) is 217 Å². The van der Waals surface area contributed by atoms with Crippen LogP contribution in [0.25, 0.3) is 104 Å². The maximum absolute atomic E-state index is 5.99. The van der Waals surface area contributed by atoms with Crippen LogP contribution < -0.4 is 35.8 Å². The lowest BCUT2D eigenvalue weighted by Crippen LogP contribution is -2.34. The van der Waals surface area contributed by atoms with Crippen LogP contribution in [0.4, 0.5) is 57.7 Å². The molecule has 0 radical (unpaired) electrons. The Kier molecular flexibility index (Phi) is 18.0. The first-order chi connectivity index (χ1) is 54.2. The number of fused-ring (bicyclic) bond motifs is 9. The highest BCUT2D eigenvalue weighted by atomic mass is 16.5. The molecule has 0 unspecified atom stereocenters. The summed E-state index contributed by atoms with van der Waals surface area (Å²) in [4.78, 5) is 40.2. The number of morpholine rings is 1. The van der Waals surface area contributed by atoms with E-state index in [-0.39, 0.29) is 0 Å². The number of rotatable bonds is 13. The second kappa shape index (κ2) is 29.5. The molecule has 2 aliphatic rings. The van der Waals surface area contributed by atoms with Crippen LogP contribution in [0.15, 0.2) is 281 Å². The number of para-hydroxylation sites is 1. The molecule has 6 aromatic carbocycles. The first-order valence-corrected chi connectivity index (χ1v) is 35.8. The van der Waals surface area contributed by atoms with Gasteiger partial charge in [0.05, 0.1) is 40.8 Å². The number of anilines is 10. The maximum atomic E-state index is 5.99. The molecule has 110 heavy (non-hydrogen) atoms. The summed E-state index contributed by atoms with van der Waals surface area (Å²) in [5, 5.41) is 52.5. The van der Waals surface area contributed by atoms with Crippen LogP contribution in [0, 0.1) is 6.92 Å². The molecule has 0 spiro atoms. The number of aromatic amines is 4. The molecular weight excluding hydrogens is 1380 g/mol. The Balaban J connectivity index is 0.000000103. The summed E-state index contributed by atoms with van der Waals surface area (Å²) in [7, 11) is 0. The molecule has 0 amide bonds. The molecular formula is C85H69N23O2. The predicted molar refractivity (Wildman–Crippen MR) is 437 cm³/mol. The van der Waals surface area contributed by atoms with Crippen molar-refractivity contribution < 1.29 is 9.47 Å². The second-order valence-corrected chi connectivity index (χ2v) is 26.4. The Bertz CT molecular complexity index is 6640. The van der Waals surface area contributed by atoms with Crippen molar-refractivity contribution in [2.75, 3.05) is 57.4 Å². The number of nitrogens with one attached hydrogen (secondary N) is 8. The largest absolute Gasteiger partial charge is 0.438 e. The summed E-state index contributed by atoms with van der Waals surface area (Å²) in [6, 6.07) is 66.5. The number of aromatic nitrogens is 17. The van der Waals surface area contributed by atoms with E-state index in [1.807, 2.05) is 159 Å². The van der Waals surface area contributed by atoms with Crippen molar-refractivity contribution in [1.82, 2.24) is 85.2 Å². The molecule has 25 heteroatoms. The van der Waals surface area contributed by atoms with Gasteiger partial charge in [0.15, 0.2) is 23.3 Å². The lowest BCUT2D eigenvalue weighted by molar-refractivity contribution is 0.143. The summed E-state index contributed by atoms with van der Waals surface area (Å²) >= 11 is 0. The molecule has 0 aliphatic carbocycles. The van der Waals surface area contributed by atoms with Gasteiger partial charge in [0.2, 0.25) is 5.88 Å². The van der Waals surface area contributed by atoms with E-state index >= 15 is 0 Å². The van der Waals surface area contributed by atoms with Gasteiger partial charge in [-0.1, -0.05) is 49.1 Å². The fourth-order valence-electron chi connectivity index (χ4n) is 13.8. The first kappa shape index (κ1) is 66.9. The van der Waals surface area contributed by atoms with Gasteiger partial charge in [0.1, 0.15) is 45.3 Å². The van der Waals surface area contributed by atoms with Crippen molar-refractivity contribution in [2.45, 2.75) is 19.8 Å². The third-order valence-corrected chi connectivity index (χ3v) is 19.2. The van der Waals surface area contributed by atoms with Gasteiger partial charge in [0, 0.05) is 125 Å². The quantitative estimate of drug-likeness (QED) is 0.0532. The van der Waals surface area contributed by atoms with Crippen LogP contribution in [0.2, 0.25) is 0 Å². The Morgan fingerprint density at radius 3 is 1.28 bits per heavy atom. The van der Waals surface area contributed by atoms with Gasteiger partial charge >= 0.3 is 0 Å². The standard InChI is InChI=1S/C23H16N6.C22H17N5O.C20H18N6O.C20H18N6/c1-2-6-20-15(4-1)10-13-29(20)23-18-8-7-17(14-16(18)9-12-25-23)26-22-21-19(27-28-22)5-3-11-24-21;1-14-4-7-17(8-5-14)28-22-18-9-6-16(13-15(18)10-12-24-22)25-21-20-19(26-27-21)3-2-11-23-20;1-13-12-27-10-9-26(13)20-16-5-4-15(11-14(16)6-8-22-20)23-19-18-17(24-25-19)3-2-7-21-18;1-13-4-3-11-26(13)20-16-7-6-15(12-14(16)8-10-22-20)23-19-18-17(24-25-19)5-2-9-21-18/h1-14H,(H2,26,27,28);2-13H,1H3,(H2,25,26,27);2-8,11H,1,9-10,12H2,(H2,23,24,25);2,5-10,12H,1,3-4,11H2,(H2,23,24,25).